The number of carbonyl (C=O) groups is 2. The van der Waals surface area contributed by atoms with Gasteiger partial charge in [0.05, 0.1) is 0 Å². The van der Waals surface area contributed by atoms with Crippen LogP contribution in [0.25, 0.3) is 0 Å². The van der Waals surface area contributed by atoms with E-state index in [1.165, 1.54) is 13.0 Å². The summed E-state index contributed by atoms with van der Waals surface area (Å²) >= 11 is 0. The topological polar surface area (TPSA) is 49.4 Å². The van der Waals surface area contributed by atoms with Crippen LogP contribution in [0.15, 0.2) is 11.9 Å². The maximum absolute atomic E-state index is 11.1. The molecule has 72 valence electrons. The van der Waals surface area contributed by atoms with E-state index < -0.39 is 0 Å². The average Bonchev–Trinajstić information content (AvgIpc) is 2.52. The van der Waals surface area contributed by atoms with Crippen LogP contribution in [0.4, 0.5) is 0 Å². The van der Waals surface area contributed by atoms with Crippen molar-refractivity contribution in [3.8, 4) is 0 Å². The molecule has 4 nitrogen and oxygen atoms in total. The second-order valence-corrected chi connectivity index (χ2v) is 2.95. The molecule has 1 aliphatic rings. The Kier molecular flexibility index (Phi) is 3.06. The van der Waals surface area contributed by atoms with E-state index >= 15 is 0 Å². The average molecular weight is 182 g/mol. The number of nitrogens with zero attached hydrogens (tertiary/aromatic N) is 1. The van der Waals surface area contributed by atoms with Crippen LogP contribution >= 0.6 is 0 Å². The van der Waals surface area contributed by atoms with E-state index in [0.29, 0.717) is 18.8 Å². The zero-order chi connectivity index (χ0) is 9.84. The Labute approximate surface area is 77.6 Å². The minimum atomic E-state index is -0.0276. The molecule has 1 N–H and O–H groups in total. The summed E-state index contributed by atoms with van der Waals surface area (Å²) in [6.07, 6.45) is 1.96. The maximum atomic E-state index is 11.1. The van der Waals surface area contributed by atoms with Crippen LogP contribution in [0.3, 0.4) is 0 Å². The van der Waals surface area contributed by atoms with Crippen LogP contribution in [0.1, 0.15) is 20.3 Å². The van der Waals surface area contributed by atoms with Gasteiger partial charge in [-0.2, -0.15) is 0 Å². The van der Waals surface area contributed by atoms with Crippen molar-refractivity contribution in [2.24, 2.45) is 0 Å². The van der Waals surface area contributed by atoms with E-state index in [9.17, 15) is 9.59 Å². The van der Waals surface area contributed by atoms with Crippen molar-refractivity contribution in [2.45, 2.75) is 20.3 Å². The highest BCUT2D eigenvalue weighted by Crippen LogP contribution is 2.07. The van der Waals surface area contributed by atoms with Crippen molar-refractivity contribution in [1.29, 1.82) is 0 Å². The SMILES string of the molecule is CCC(=O)/C=C1\NCCN1C(C)=O. The van der Waals surface area contributed by atoms with Gasteiger partial charge in [0, 0.05) is 32.5 Å². The van der Waals surface area contributed by atoms with Gasteiger partial charge in [-0.1, -0.05) is 6.92 Å². The Balaban J connectivity index is 2.73. The molecule has 13 heavy (non-hydrogen) atoms. The highest BCUT2D eigenvalue weighted by atomic mass is 16.2. The maximum Gasteiger partial charge on any atom is 0.225 e. The summed E-state index contributed by atoms with van der Waals surface area (Å²) in [5.41, 5.74) is 0. The van der Waals surface area contributed by atoms with Crippen molar-refractivity contribution in [1.82, 2.24) is 10.2 Å². The van der Waals surface area contributed by atoms with E-state index in [2.05, 4.69) is 5.32 Å². The predicted molar refractivity (Wildman–Crippen MR) is 48.8 cm³/mol. The second kappa shape index (κ2) is 4.07. The van der Waals surface area contributed by atoms with Crippen LogP contribution in [-0.2, 0) is 9.59 Å². The summed E-state index contributed by atoms with van der Waals surface area (Å²) in [5.74, 6) is 0.648. The van der Waals surface area contributed by atoms with Crippen molar-refractivity contribution >= 4 is 11.7 Å². The standard InChI is InChI=1S/C9H14N2O2/c1-3-8(13)6-9-10-4-5-11(9)7(2)12/h6,10H,3-5H2,1-2H3/b9-6+. The third-order valence-electron chi connectivity index (χ3n) is 1.96. The van der Waals surface area contributed by atoms with Gasteiger partial charge in [-0.3, -0.25) is 14.5 Å². The zero-order valence-electron chi connectivity index (χ0n) is 7.96. The Morgan fingerprint density at radius 1 is 1.62 bits per heavy atom. The molecule has 1 amide bonds. The van der Waals surface area contributed by atoms with Crippen molar-refractivity contribution < 1.29 is 9.59 Å². The van der Waals surface area contributed by atoms with Crippen molar-refractivity contribution in [3.63, 3.8) is 0 Å². The predicted octanol–water partition coefficient (Wildman–Crippen LogP) is 0.259. The van der Waals surface area contributed by atoms with Crippen molar-refractivity contribution in [2.75, 3.05) is 13.1 Å². The number of carbonyl (C=O) groups excluding carboxylic acids is 2. The van der Waals surface area contributed by atoms with E-state index in [0.717, 1.165) is 6.54 Å². The molecule has 0 bridgehead atoms. The lowest BCUT2D eigenvalue weighted by molar-refractivity contribution is -0.126. The fourth-order valence-electron chi connectivity index (χ4n) is 1.22. The summed E-state index contributed by atoms with van der Waals surface area (Å²) in [6, 6.07) is 0. The van der Waals surface area contributed by atoms with Crippen LogP contribution in [-0.4, -0.2) is 29.7 Å². The molecule has 0 aliphatic carbocycles. The molecule has 1 fully saturated rings. The fourth-order valence-corrected chi connectivity index (χ4v) is 1.22. The molecule has 0 atom stereocenters. The summed E-state index contributed by atoms with van der Waals surface area (Å²) < 4.78 is 0. The highest BCUT2D eigenvalue weighted by Gasteiger charge is 2.19. The summed E-state index contributed by atoms with van der Waals surface area (Å²) in [4.78, 5) is 23.7. The minimum absolute atomic E-state index is 0.0276. The molecule has 1 saturated heterocycles. The number of nitrogens with one attached hydrogen (secondary N) is 1. The third kappa shape index (κ3) is 2.31. The summed E-state index contributed by atoms with van der Waals surface area (Å²) in [6.45, 7) is 4.67. The molecule has 0 radical (unpaired) electrons. The Bertz CT molecular complexity index is 258. The fraction of sp³-hybridized carbons (Fsp3) is 0.556. The number of amides is 1. The molecule has 1 aliphatic heterocycles. The molecule has 0 saturated carbocycles. The first-order valence-electron chi connectivity index (χ1n) is 4.41. The molecular formula is C9H14N2O2. The Morgan fingerprint density at radius 2 is 2.31 bits per heavy atom. The zero-order valence-corrected chi connectivity index (χ0v) is 7.96. The van der Waals surface area contributed by atoms with E-state index in [1.807, 2.05) is 0 Å². The molecule has 0 spiro atoms. The summed E-state index contributed by atoms with van der Waals surface area (Å²) in [5, 5.41) is 3.00. The lowest BCUT2D eigenvalue weighted by atomic mass is 10.3. The van der Waals surface area contributed by atoms with Crippen LogP contribution in [0, 0.1) is 0 Å². The first-order chi connectivity index (χ1) is 6.15. The van der Waals surface area contributed by atoms with Gasteiger partial charge in [0.15, 0.2) is 5.78 Å². The van der Waals surface area contributed by atoms with Crippen molar-refractivity contribution in [3.05, 3.63) is 11.9 Å². The number of allylic oxidation sites excluding steroid dienone is 1. The lowest BCUT2D eigenvalue weighted by Gasteiger charge is -2.13. The minimum Gasteiger partial charge on any atom is -0.369 e. The molecule has 1 heterocycles. The molecule has 0 aromatic carbocycles. The normalized spacial score (nSPS) is 18.9. The van der Waals surface area contributed by atoms with Gasteiger partial charge < -0.3 is 5.32 Å². The van der Waals surface area contributed by atoms with E-state index in [1.54, 1.807) is 11.8 Å². The lowest BCUT2D eigenvalue weighted by Crippen LogP contribution is -2.25. The van der Waals surface area contributed by atoms with E-state index in [4.69, 9.17) is 0 Å². The first kappa shape index (κ1) is 9.77. The van der Waals surface area contributed by atoms with E-state index in [-0.39, 0.29) is 11.7 Å². The molecule has 0 aromatic rings. The van der Waals surface area contributed by atoms with Crippen LogP contribution < -0.4 is 5.32 Å². The molecular weight excluding hydrogens is 168 g/mol. The Hall–Kier alpha value is -1.32. The van der Waals surface area contributed by atoms with Crippen LogP contribution in [0.5, 0.6) is 0 Å². The smallest absolute Gasteiger partial charge is 0.225 e. The van der Waals surface area contributed by atoms with Gasteiger partial charge in [-0.25, -0.2) is 0 Å². The molecule has 0 aromatic heterocycles. The Morgan fingerprint density at radius 3 is 2.85 bits per heavy atom. The third-order valence-corrected chi connectivity index (χ3v) is 1.96. The van der Waals surface area contributed by atoms with Gasteiger partial charge in [0.1, 0.15) is 5.82 Å². The monoisotopic (exact) mass is 182 g/mol. The molecule has 1 rings (SSSR count). The quantitative estimate of drug-likeness (QED) is 0.623. The van der Waals surface area contributed by atoms with Gasteiger partial charge in [0.25, 0.3) is 0 Å². The van der Waals surface area contributed by atoms with Gasteiger partial charge in [-0.15, -0.1) is 0 Å². The van der Waals surface area contributed by atoms with Gasteiger partial charge >= 0.3 is 0 Å². The number of ketones is 1. The highest BCUT2D eigenvalue weighted by molar-refractivity contribution is 5.90. The summed E-state index contributed by atoms with van der Waals surface area (Å²) in [7, 11) is 0. The number of rotatable bonds is 2. The first-order valence-corrected chi connectivity index (χ1v) is 4.41. The second-order valence-electron chi connectivity index (χ2n) is 2.95. The number of hydrogen-bond acceptors (Lipinski definition) is 3. The molecule has 4 heteroatoms. The van der Waals surface area contributed by atoms with Gasteiger partial charge in [-0.05, 0) is 0 Å². The van der Waals surface area contributed by atoms with Crippen LogP contribution in [0.2, 0.25) is 0 Å². The molecule has 0 unspecified atom stereocenters. The van der Waals surface area contributed by atoms with Gasteiger partial charge in [0.2, 0.25) is 5.91 Å². The largest absolute Gasteiger partial charge is 0.369 e. The number of hydrogen-bond donors (Lipinski definition) is 1.